The van der Waals surface area contributed by atoms with E-state index in [9.17, 15) is 10.1 Å². The van der Waals surface area contributed by atoms with Gasteiger partial charge in [-0.3, -0.25) is 9.78 Å². The van der Waals surface area contributed by atoms with E-state index >= 15 is 0 Å². The van der Waals surface area contributed by atoms with Crippen LogP contribution in [0.2, 0.25) is 0 Å². The minimum absolute atomic E-state index is 0.100. The fourth-order valence-corrected chi connectivity index (χ4v) is 4.73. The molecule has 5 rings (SSSR count). The smallest absolute Gasteiger partial charge is 0.253 e. The van der Waals surface area contributed by atoms with Crippen LogP contribution in [0.1, 0.15) is 51.1 Å². The maximum Gasteiger partial charge on any atom is 0.253 e. The Labute approximate surface area is 182 Å². The minimum Gasteiger partial charge on any atom is -0.338 e. The van der Waals surface area contributed by atoms with Crippen LogP contribution in [0.4, 0.5) is 0 Å². The Morgan fingerprint density at radius 1 is 0.903 bits per heavy atom. The molecule has 1 aromatic heterocycles. The van der Waals surface area contributed by atoms with E-state index in [4.69, 9.17) is 4.98 Å². The van der Waals surface area contributed by atoms with Crippen molar-refractivity contribution >= 4 is 11.5 Å². The van der Waals surface area contributed by atoms with Gasteiger partial charge in [0, 0.05) is 30.4 Å². The van der Waals surface area contributed by atoms with Crippen LogP contribution in [0, 0.1) is 11.3 Å². The Morgan fingerprint density at radius 3 is 2.45 bits per heavy atom. The number of aryl methyl sites for hydroxylation is 2. The Bertz CT molecular complexity index is 1210. The first-order valence-electron chi connectivity index (χ1n) is 10.8. The van der Waals surface area contributed by atoms with Crippen molar-refractivity contribution < 1.29 is 4.79 Å². The monoisotopic (exact) mass is 405 g/mol. The third-order valence-corrected chi connectivity index (χ3v) is 6.32. The summed E-state index contributed by atoms with van der Waals surface area (Å²) in [5, 5.41) is 9.36. The van der Waals surface area contributed by atoms with Crippen molar-refractivity contribution in [3.05, 3.63) is 106 Å². The summed E-state index contributed by atoms with van der Waals surface area (Å²) in [6, 6.07) is 22.0. The van der Waals surface area contributed by atoms with Crippen LogP contribution in [-0.2, 0) is 12.8 Å². The van der Waals surface area contributed by atoms with Gasteiger partial charge in [-0.15, -0.1) is 0 Å². The first-order chi connectivity index (χ1) is 15.2. The molecule has 0 spiro atoms. The van der Waals surface area contributed by atoms with Crippen LogP contribution in [0.3, 0.4) is 0 Å². The zero-order valence-electron chi connectivity index (χ0n) is 17.3. The SMILES string of the molecule is N#Cc1ccc2c(c1)CCc1cccnc1C2=C1CCN(C(=O)c2ccccc2)CC1. The number of likely N-dealkylation sites (tertiary alicyclic amines) is 1. The summed E-state index contributed by atoms with van der Waals surface area (Å²) in [7, 11) is 0. The lowest BCUT2D eigenvalue weighted by Crippen LogP contribution is -2.36. The molecule has 0 saturated carbocycles. The topological polar surface area (TPSA) is 57.0 Å². The third kappa shape index (κ3) is 3.64. The van der Waals surface area contributed by atoms with Gasteiger partial charge in [0.2, 0.25) is 0 Å². The second-order valence-corrected chi connectivity index (χ2v) is 8.13. The molecule has 0 N–H and O–H groups in total. The first-order valence-corrected chi connectivity index (χ1v) is 10.8. The molecule has 1 fully saturated rings. The normalized spacial score (nSPS) is 15.5. The van der Waals surface area contributed by atoms with E-state index in [-0.39, 0.29) is 5.91 Å². The summed E-state index contributed by atoms with van der Waals surface area (Å²) in [5.74, 6) is 0.100. The number of aromatic nitrogens is 1. The molecule has 2 aromatic carbocycles. The number of nitriles is 1. The number of hydrogen-bond acceptors (Lipinski definition) is 3. The van der Waals surface area contributed by atoms with E-state index in [1.54, 1.807) is 0 Å². The summed E-state index contributed by atoms with van der Waals surface area (Å²) < 4.78 is 0. The number of carbonyl (C=O) groups excluding carboxylic acids is 1. The summed E-state index contributed by atoms with van der Waals surface area (Å²) in [6.45, 7) is 1.42. The van der Waals surface area contributed by atoms with Gasteiger partial charge in [-0.05, 0) is 72.7 Å². The second-order valence-electron chi connectivity index (χ2n) is 8.13. The van der Waals surface area contributed by atoms with E-state index in [1.807, 2.05) is 59.6 Å². The van der Waals surface area contributed by atoms with Crippen molar-refractivity contribution in [3.8, 4) is 6.07 Å². The predicted molar refractivity (Wildman–Crippen MR) is 120 cm³/mol. The van der Waals surface area contributed by atoms with Gasteiger partial charge in [0.15, 0.2) is 0 Å². The highest BCUT2D eigenvalue weighted by Crippen LogP contribution is 2.38. The summed E-state index contributed by atoms with van der Waals surface area (Å²) in [4.78, 5) is 19.6. The van der Waals surface area contributed by atoms with Crippen molar-refractivity contribution in [2.24, 2.45) is 0 Å². The van der Waals surface area contributed by atoms with E-state index in [1.165, 1.54) is 27.8 Å². The molecular formula is C27H23N3O. The number of benzene rings is 2. The fraction of sp³-hybridized carbons (Fsp3) is 0.222. The minimum atomic E-state index is 0.100. The average Bonchev–Trinajstić information content (AvgIpc) is 3.00. The van der Waals surface area contributed by atoms with E-state index < -0.39 is 0 Å². The molecule has 0 bridgehead atoms. The Kier molecular flexibility index (Phi) is 5.09. The highest BCUT2D eigenvalue weighted by Gasteiger charge is 2.26. The Hall–Kier alpha value is -3.71. The summed E-state index contributed by atoms with van der Waals surface area (Å²) in [6.07, 6.45) is 5.36. The zero-order chi connectivity index (χ0) is 21.2. The molecule has 3 aromatic rings. The van der Waals surface area contributed by atoms with Gasteiger partial charge in [0.05, 0.1) is 17.3 Å². The maximum absolute atomic E-state index is 12.9. The maximum atomic E-state index is 12.9. The predicted octanol–water partition coefficient (Wildman–Crippen LogP) is 4.79. The van der Waals surface area contributed by atoms with Crippen LogP contribution < -0.4 is 0 Å². The molecule has 0 atom stereocenters. The molecule has 1 saturated heterocycles. The Balaban J connectivity index is 1.52. The van der Waals surface area contributed by atoms with Gasteiger partial charge in [0.25, 0.3) is 5.91 Å². The largest absolute Gasteiger partial charge is 0.338 e. The molecule has 152 valence electrons. The van der Waals surface area contributed by atoms with Crippen molar-refractivity contribution in [2.45, 2.75) is 25.7 Å². The van der Waals surface area contributed by atoms with Gasteiger partial charge in [-0.25, -0.2) is 0 Å². The number of piperidine rings is 1. The van der Waals surface area contributed by atoms with Crippen molar-refractivity contribution in [2.75, 3.05) is 13.1 Å². The van der Waals surface area contributed by atoms with E-state index in [0.29, 0.717) is 18.7 Å². The number of fused-ring (bicyclic) bond motifs is 2. The third-order valence-electron chi connectivity index (χ3n) is 6.32. The quantitative estimate of drug-likeness (QED) is 0.585. The van der Waals surface area contributed by atoms with Crippen LogP contribution in [0.5, 0.6) is 0 Å². The number of rotatable bonds is 1. The molecule has 4 nitrogen and oxygen atoms in total. The van der Waals surface area contributed by atoms with Gasteiger partial charge in [-0.2, -0.15) is 5.26 Å². The fourth-order valence-electron chi connectivity index (χ4n) is 4.73. The lowest BCUT2D eigenvalue weighted by atomic mass is 9.88. The number of amides is 1. The molecule has 0 radical (unpaired) electrons. The molecule has 1 aliphatic carbocycles. The lowest BCUT2D eigenvalue weighted by Gasteiger charge is -2.30. The number of carbonyl (C=O) groups is 1. The molecule has 4 heteroatoms. The van der Waals surface area contributed by atoms with E-state index in [0.717, 1.165) is 36.9 Å². The number of hydrogen-bond donors (Lipinski definition) is 0. The second kappa shape index (κ2) is 8.20. The van der Waals surface area contributed by atoms with Crippen molar-refractivity contribution in [1.82, 2.24) is 9.88 Å². The Morgan fingerprint density at radius 2 is 1.68 bits per heavy atom. The standard InChI is InChI=1S/C27H23N3O/c28-18-19-8-11-24-23(17-19)10-9-21-7-4-14-29-26(21)25(24)20-12-15-30(16-13-20)27(31)22-5-2-1-3-6-22/h1-8,11,14,17H,9-10,12-13,15-16H2. The van der Waals surface area contributed by atoms with Gasteiger partial charge in [-0.1, -0.05) is 35.9 Å². The molecule has 1 amide bonds. The van der Waals surface area contributed by atoms with E-state index in [2.05, 4.69) is 18.2 Å². The molecule has 2 aliphatic rings. The van der Waals surface area contributed by atoms with Crippen LogP contribution in [0.25, 0.3) is 5.57 Å². The number of nitrogens with zero attached hydrogens (tertiary/aromatic N) is 3. The molecule has 0 unspecified atom stereocenters. The van der Waals surface area contributed by atoms with Gasteiger partial charge < -0.3 is 4.90 Å². The number of pyridine rings is 1. The molecular weight excluding hydrogens is 382 g/mol. The highest BCUT2D eigenvalue weighted by atomic mass is 16.2. The highest BCUT2D eigenvalue weighted by molar-refractivity contribution is 5.94. The molecule has 31 heavy (non-hydrogen) atoms. The summed E-state index contributed by atoms with van der Waals surface area (Å²) >= 11 is 0. The lowest BCUT2D eigenvalue weighted by molar-refractivity contribution is 0.0744. The van der Waals surface area contributed by atoms with Crippen molar-refractivity contribution in [3.63, 3.8) is 0 Å². The van der Waals surface area contributed by atoms with Crippen LogP contribution in [-0.4, -0.2) is 28.9 Å². The van der Waals surface area contributed by atoms with Crippen molar-refractivity contribution in [1.29, 1.82) is 5.26 Å². The van der Waals surface area contributed by atoms with Gasteiger partial charge >= 0.3 is 0 Å². The van der Waals surface area contributed by atoms with Crippen LogP contribution >= 0.6 is 0 Å². The first kappa shape index (κ1) is 19.3. The van der Waals surface area contributed by atoms with Crippen LogP contribution in [0.15, 0.2) is 72.4 Å². The summed E-state index contributed by atoms with van der Waals surface area (Å²) in [5.41, 5.74) is 8.71. The average molecular weight is 406 g/mol. The molecule has 2 heterocycles. The van der Waals surface area contributed by atoms with Gasteiger partial charge in [0.1, 0.15) is 0 Å². The molecule has 1 aliphatic heterocycles. The zero-order valence-corrected chi connectivity index (χ0v) is 17.3.